The summed E-state index contributed by atoms with van der Waals surface area (Å²) in [5, 5.41) is 7.08. The Kier molecular flexibility index (Phi) is 7.34. The highest BCUT2D eigenvalue weighted by molar-refractivity contribution is 7.89. The first-order valence-corrected chi connectivity index (χ1v) is 12.6. The first-order chi connectivity index (χ1) is 16.6. The summed E-state index contributed by atoms with van der Waals surface area (Å²) >= 11 is 5.95. The number of hydrogen-bond donors (Lipinski definition) is 1. The second-order valence-corrected chi connectivity index (χ2v) is 10.4. The lowest BCUT2D eigenvalue weighted by atomic mass is 9.97. The van der Waals surface area contributed by atoms with E-state index >= 15 is 0 Å². The van der Waals surface area contributed by atoms with Gasteiger partial charge in [0.2, 0.25) is 15.9 Å². The van der Waals surface area contributed by atoms with Crippen molar-refractivity contribution in [3.05, 3.63) is 76.1 Å². The Morgan fingerprint density at radius 2 is 1.91 bits per heavy atom. The molecule has 0 unspecified atom stereocenters. The Hall–Kier alpha value is -3.08. The Morgan fingerprint density at radius 1 is 1.17 bits per heavy atom. The number of carbonyl (C=O) groups excluding carboxylic acids is 1. The Labute approximate surface area is 206 Å². The van der Waals surface area contributed by atoms with Crippen LogP contribution < -0.4 is 5.32 Å². The van der Waals surface area contributed by atoms with Gasteiger partial charge in [0.15, 0.2) is 10.7 Å². The summed E-state index contributed by atoms with van der Waals surface area (Å²) in [6, 6.07) is 9.86. The van der Waals surface area contributed by atoms with E-state index in [4.69, 9.17) is 16.1 Å². The molecule has 35 heavy (non-hydrogen) atoms. The third kappa shape index (κ3) is 5.61. The van der Waals surface area contributed by atoms with Gasteiger partial charge in [0.25, 0.3) is 0 Å². The number of benzene rings is 2. The van der Waals surface area contributed by atoms with Crippen molar-refractivity contribution in [1.29, 1.82) is 0 Å². The number of hydrogen-bond acceptors (Lipinski definition) is 5. The molecule has 0 saturated carbocycles. The highest BCUT2D eigenvalue weighted by Crippen LogP contribution is 2.30. The number of carbonyl (C=O) groups is 1. The van der Waals surface area contributed by atoms with Crippen LogP contribution in [0.5, 0.6) is 0 Å². The molecule has 0 radical (unpaired) electrons. The van der Waals surface area contributed by atoms with E-state index in [9.17, 15) is 22.0 Å². The Bertz CT molecular complexity index is 1380. The maximum atomic E-state index is 13.9. The van der Waals surface area contributed by atoms with Gasteiger partial charge in [0, 0.05) is 41.3 Å². The number of nitrogens with zero attached hydrogens (tertiary/aromatic N) is 2. The molecule has 184 valence electrons. The monoisotopic (exact) mass is 521 g/mol. The molecule has 0 atom stereocenters. The van der Waals surface area contributed by atoms with Crippen molar-refractivity contribution in [2.24, 2.45) is 5.92 Å². The van der Waals surface area contributed by atoms with Gasteiger partial charge in [-0.3, -0.25) is 4.79 Å². The van der Waals surface area contributed by atoms with E-state index in [1.165, 1.54) is 29.4 Å². The molecule has 1 saturated heterocycles. The standard InChI is InChI=1S/C24H22ClF2N3O4S/c1-15-23(22(34-29-15)8-6-16-5-7-19(26)14-21(16)27)35(32,33)30-11-9-17(10-12-30)24(31)28-20-4-2-3-18(25)13-20/h2-8,13-14,17H,9-12H2,1H3,(H,28,31). The van der Waals surface area contributed by atoms with Crippen molar-refractivity contribution in [3.8, 4) is 0 Å². The van der Waals surface area contributed by atoms with E-state index in [0.29, 0.717) is 23.6 Å². The molecular weight excluding hydrogens is 500 g/mol. The van der Waals surface area contributed by atoms with Crippen molar-refractivity contribution in [2.75, 3.05) is 18.4 Å². The highest BCUT2D eigenvalue weighted by Gasteiger charge is 2.36. The number of piperidine rings is 1. The summed E-state index contributed by atoms with van der Waals surface area (Å²) in [6.07, 6.45) is 3.25. The molecule has 11 heteroatoms. The summed E-state index contributed by atoms with van der Waals surface area (Å²) in [6.45, 7) is 1.77. The first-order valence-electron chi connectivity index (χ1n) is 10.8. The van der Waals surface area contributed by atoms with Crippen LogP contribution in [0.25, 0.3) is 12.2 Å². The van der Waals surface area contributed by atoms with Crippen LogP contribution in [0.3, 0.4) is 0 Å². The first kappa shape index (κ1) is 25.0. The van der Waals surface area contributed by atoms with Crippen molar-refractivity contribution < 1.29 is 26.5 Å². The molecule has 1 aliphatic heterocycles. The number of aryl methyl sites for hydroxylation is 1. The second-order valence-electron chi connectivity index (χ2n) is 8.14. The molecule has 0 spiro atoms. The fourth-order valence-corrected chi connectivity index (χ4v) is 5.81. The smallest absolute Gasteiger partial charge is 0.248 e. The summed E-state index contributed by atoms with van der Waals surface area (Å²) in [4.78, 5) is 12.5. The average molecular weight is 522 g/mol. The number of anilines is 1. The van der Waals surface area contributed by atoms with Crippen molar-refractivity contribution >= 4 is 45.4 Å². The van der Waals surface area contributed by atoms with E-state index < -0.39 is 21.7 Å². The molecule has 1 aromatic heterocycles. The molecule has 1 fully saturated rings. The number of sulfonamides is 1. The molecular formula is C24H22ClF2N3O4S. The van der Waals surface area contributed by atoms with Crippen LogP contribution in [-0.4, -0.2) is 36.9 Å². The molecule has 1 amide bonds. The van der Waals surface area contributed by atoms with E-state index in [1.807, 2.05) is 0 Å². The van der Waals surface area contributed by atoms with Crippen LogP contribution in [0.15, 0.2) is 51.9 Å². The molecule has 1 N–H and O–H groups in total. The minimum absolute atomic E-state index is 0.0629. The predicted molar refractivity (Wildman–Crippen MR) is 128 cm³/mol. The van der Waals surface area contributed by atoms with Gasteiger partial charge in [0.1, 0.15) is 17.3 Å². The van der Waals surface area contributed by atoms with Crippen LogP contribution in [0.4, 0.5) is 14.5 Å². The van der Waals surface area contributed by atoms with Crippen LogP contribution in [0.2, 0.25) is 5.02 Å². The number of aromatic nitrogens is 1. The third-order valence-electron chi connectivity index (χ3n) is 5.72. The van der Waals surface area contributed by atoms with Gasteiger partial charge in [0.05, 0.1) is 0 Å². The maximum Gasteiger partial charge on any atom is 0.248 e. The van der Waals surface area contributed by atoms with Crippen molar-refractivity contribution in [2.45, 2.75) is 24.7 Å². The Morgan fingerprint density at radius 3 is 2.60 bits per heavy atom. The van der Waals surface area contributed by atoms with E-state index in [-0.39, 0.29) is 46.8 Å². The fraction of sp³-hybridized carbons (Fsp3) is 0.250. The average Bonchev–Trinajstić information content (AvgIpc) is 3.19. The second kappa shape index (κ2) is 10.3. The van der Waals surface area contributed by atoms with E-state index in [1.54, 1.807) is 24.3 Å². The SMILES string of the molecule is Cc1noc(C=Cc2ccc(F)cc2F)c1S(=O)(=O)N1CCC(C(=O)Nc2cccc(Cl)c2)CC1. The number of amides is 1. The fourth-order valence-electron chi connectivity index (χ4n) is 3.90. The summed E-state index contributed by atoms with van der Waals surface area (Å²) in [5.74, 6) is -2.13. The van der Waals surface area contributed by atoms with Crippen LogP contribution in [0, 0.1) is 24.5 Å². The highest BCUT2D eigenvalue weighted by atomic mass is 35.5. The lowest BCUT2D eigenvalue weighted by molar-refractivity contribution is -0.120. The molecule has 4 rings (SSSR count). The van der Waals surface area contributed by atoms with E-state index in [0.717, 1.165) is 12.1 Å². The zero-order valence-corrected chi connectivity index (χ0v) is 20.2. The largest absolute Gasteiger partial charge is 0.355 e. The van der Waals surface area contributed by atoms with Gasteiger partial charge in [-0.1, -0.05) is 22.8 Å². The number of nitrogens with one attached hydrogen (secondary N) is 1. The topological polar surface area (TPSA) is 92.5 Å². The molecule has 1 aliphatic rings. The lowest BCUT2D eigenvalue weighted by Crippen LogP contribution is -2.41. The minimum Gasteiger partial charge on any atom is -0.355 e. The number of rotatable bonds is 6. The molecule has 0 aliphatic carbocycles. The molecule has 7 nitrogen and oxygen atoms in total. The van der Waals surface area contributed by atoms with Crippen molar-refractivity contribution in [1.82, 2.24) is 9.46 Å². The molecule has 3 aromatic rings. The molecule has 2 heterocycles. The molecule has 0 bridgehead atoms. The van der Waals surface area contributed by atoms with Crippen molar-refractivity contribution in [3.63, 3.8) is 0 Å². The van der Waals surface area contributed by atoms with Gasteiger partial charge in [-0.2, -0.15) is 4.31 Å². The normalized spacial score (nSPS) is 15.5. The Balaban J connectivity index is 1.46. The zero-order chi connectivity index (χ0) is 25.2. The maximum absolute atomic E-state index is 13.9. The van der Waals surface area contributed by atoms with Gasteiger partial charge >= 0.3 is 0 Å². The lowest BCUT2D eigenvalue weighted by Gasteiger charge is -2.30. The van der Waals surface area contributed by atoms with Crippen LogP contribution >= 0.6 is 11.6 Å². The minimum atomic E-state index is -3.99. The summed E-state index contributed by atoms with van der Waals surface area (Å²) in [5.41, 5.74) is 0.798. The predicted octanol–water partition coefficient (Wildman–Crippen LogP) is 5.12. The number of halogens is 3. The third-order valence-corrected chi connectivity index (χ3v) is 8.02. The van der Waals surface area contributed by atoms with Gasteiger partial charge in [-0.05, 0) is 62.2 Å². The summed E-state index contributed by atoms with van der Waals surface area (Å²) in [7, 11) is -3.99. The molecule has 2 aromatic carbocycles. The van der Waals surface area contributed by atoms with E-state index in [2.05, 4.69) is 10.5 Å². The van der Waals surface area contributed by atoms with Gasteiger partial charge in [-0.25, -0.2) is 17.2 Å². The zero-order valence-electron chi connectivity index (χ0n) is 18.7. The van der Waals surface area contributed by atoms with Crippen LogP contribution in [0.1, 0.15) is 29.9 Å². The quantitative estimate of drug-likeness (QED) is 0.486. The summed E-state index contributed by atoms with van der Waals surface area (Å²) < 4.78 is 60.3. The van der Waals surface area contributed by atoms with Gasteiger partial charge < -0.3 is 9.84 Å². The van der Waals surface area contributed by atoms with Gasteiger partial charge in [-0.15, -0.1) is 0 Å². The van der Waals surface area contributed by atoms with Crippen LogP contribution in [-0.2, 0) is 14.8 Å².